The van der Waals surface area contributed by atoms with Crippen LogP contribution >= 0.6 is 15.9 Å². The zero-order valence-corrected chi connectivity index (χ0v) is 12.2. The molecule has 0 aromatic carbocycles. The average Bonchev–Trinajstić information content (AvgIpc) is 2.72. The van der Waals surface area contributed by atoms with Gasteiger partial charge in [-0.15, -0.1) is 0 Å². The first-order chi connectivity index (χ1) is 8.78. The largest absolute Gasteiger partial charge is 0.353 e. The van der Waals surface area contributed by atoms with E-state index in [9.17, 15) is 0 Å². The van der Waals surface area contributed by atoms with Crippen LogP contribution < -0.4 is 10.2 Å². The SMILES string of the molecule is CCN(c1ncncc1Br)C1CC2CCC(C1)N2. The van der Waals surface area contributed by atoms with Crippen LogP contribution in [0.3, 0.4) is 0 Å². The second-order valence-electron chi connectivity index (χ2n) is 5.24. The second-order valence-corrected chi connectivity index (χ2v) is 6.10. The number of hydrogen-bond donors (Lipinski definition) is 1. The Balaban J connectivity index is 1.82. The van der Waals surface area contributed by atoms with Crippen LogP contribution in [-0.2, 0) is 0 Å². The van der Waals surface area contributed by atoms with Gasteiger partial charge in [-0.2, -0.15) is 0 Å². The van der Waals surface area contributed by atoms with Crippen LogP contribution in [0.4, 0.5) is 5.82 Å². The summed E-state index contributed by atoms with van der Waals surface area (Å²) in [6.07, 6.45) is 8.62. The van der Waals surface area contributed by atoms with Crippen LogP contribution in [-0.4, -0.2) is 34.6 Å². The van der Waals surface area contributed by atoms with E-state index in [0.717, 1.165) is 16.8 Å². The lowest BCUT2D eigenvalue weighted by Gasteiger charge is -2.38. The molecular weight excluding hydrogens is 292 g/mol. The Labute approximate surface area is 116 Å². The first-order valence-electron chi connectivity index (χ1n) is 6.76. The van der Waals surface area contributed by atoms with E-state index in [-0.39, 0.29) is 0 Å². The van der Waals surface area contributed by atoms with Gasteiger partial charge in [0.05, 0.1) is 4.47 Å². The van der Waals surface area contributed by atoms with Gasteiger partial charge in [0.25, 0.3) is 0 Å². The van der Waals surface area contributed by atoms with E-state index in [1.165, 1.54) is 25.7 Å². The minimum Gasteiger partial charge on any atom is -0.353 e. The van der Waals surface area contributed by atoms with Crippen LogP contribution in [0.5, 0.6) is 0 Å². The van der Waals surface area contributed by atoms with Gasteiger partial charge >= 0.3 is 0 Å². The summed E-state index contributed by atoms with van der Waals surface area (Å²) in [6.45, 7) is 3.21. The Hall–Kier alpha value is -0.680. The highest BCUT2D eigenvalue weighted by Gasteiger charge is 2.36. The van der Waals surface area contributed by atoms with Crippen molar-refractivity contribution in [2.24, 2.45) is 0 Å². The van der Waals surface area contributed by atoms with Gasteiger partial charge in [0.2, 0.25) is 0 Å². The van der Waals surface area contributed by atoms with Gasteiger partial charge in [-0.3, -0.25) is 0 Å². The molecule has 2 unspecified atom stereocenters. The predicted molar refractivity (Wildman–Crippen MR) is 75.7 cm³/mol. The number of halogens is 1. The van der Waals surface area contributed by atoms with Crippen molar-refractivity contribution in [1.82, 2.24) is 15.3 Å². The van der Waals surface area contributed by atoms with Crippen molar-refractivity contribution in [2.45, 2.75) is 50.7 Å². The maximum absolute atomic E-state index is 4.44. The van der Waals surface area contributed by atoms with Gasteiger partial charge < -0.3 is 10.2 Å². The Bertz CT molecular complexity index is 413. The molecule has 1 aromatic rings. The van der Waals surface area contributed by atoms with Crippen molar-refractivity contribution in [3.8, 4) is 0 Å². The fourth-order valence-corrected chi connectivity index (χ4v) is 3.83. The van der Waals surface area contributed by atoms with E-state index in [2.05, 4.69) is 43.0 Å². The quantitative estimate of drug-likeness (QED) is 0.930. The van der Waals surface area contributed by atoms with Crippen molar-refractivity contribution in [3.63, 3.8) is 0 Å². The predicted octanol–water partition coefficient (Wildman–Crippen LogP) is 2.35. The third-order valence-corrected chi connectivity index (χ3v) is 4.71. The second kappa shape index (κ2) is 5.13. The Morgan fingerprint density at radius 2 is 2.11 bits per heavy atom. The smallest absolute Gasteiger partial charge is 0.146 e. The summed E-state index contributed by atoms with van der Waals surface area (Å²) >= 11 is 3.57. The number of aromatic nitrogens is 2. The molecule has 3 heterocycles. The summed E-state index contributed by atoms with van der Waals surface area (Å²) in [7, 11) is 0. The topological polar surface area (TPSA) is 41.1 Å². The summed E-state index contributed by atoms with van der Waals surface area (Å²) in [5.41, 5.74) is 0. The van der Waals surface area contributed by atoms with Gasteiger partial charge in [0.1, 0.15) is 12.1 Å². The Morgan fingerprint density at radius 3 is 2.72 bits per heavy atom. The molecule has 1 aromatic heterocycles. The molecule has 2 aliphatic heterocycles. The molecule has 1 N–H and O–H groups in total. The maximum atomic E-state index is 4.44. The number of fused-ring (bicyclic) bond motifs is 2. The third-order valence-electron chi connectivity index (χ3n) is 4.15. The monoisotopic (exact) mass is 310 g/mol. The van der Waals surface area contributed by atoms with E-state index in [1.807, 2.05) is 6.20 Å². The molecule has 2 atom stereocenters. The molecular formula is C13H19BrN4. The van der Waals surface area contributed by atoms with Gasteiger partial charge in [-0.05, 0) is 48.5 Å². The molecule has 0 radical (unpaired) electrons. The Kier molecular flexibility index (Phi) is 3.52. The van der Waals surface area contributed by atoms with Crippen LogP contribution in [0.1, 0.15) is 32.6 Å². The molecule has 5 heteroatoms. The molecule has 98 valence electrons. The highest BCUT2D eigenvalue weighted by molar-refractivity contribution is 9.10. The molecule has 2 bridgehead atoms. The van der Waals surface area contributed by atoms with E-state index < -0.39 is 0 Å². The fourth-order valence-electron chi connectivity index (χ4n) is 3.38. The highest BCUT2D eigenvalue weighted by atomic mass is 79.9. The molecule has 0 spiro atoms. The molecule has 18 heavy (non-hydrogen) atoms. The van der Waals surface area contributed by atoms with Crippen LogP contribution in [0, 0.1) is 0 Å². The minimum absolute atomic E-state index is 0.611. The number of nitrogens with zero attached hydrogens (tertiary/aromatic N) is 3. The van der Waals surface area contributed by atoms with Gasteiger partial charge in [-0.25, -0.2) is 9.97 Å². The minimum atomic E-state index is 0.611. The molecule has 0 saturated carbocycles. The summed E-state index contributed by atoms with van der Waals surface area (Å²) in [4.78, 5) is 10.9. The van der Waals surface area contributed by atoms with Crippen molar-refractivity contribution >= 4 is 21.7 Å². The molecule has 0 aliphatic carbocycles. The lowest BCUT2D eigenvalue weighted by Crippen LogP contribution is -2.48. The van der Waals surface area contributed by atoms with Crippen LogP contribution in [0.25, 0.3) is 0 Å². The first kappa shape index (κ1) is 12.4. The number of anilines is 1. The lowest BCUT2D eigenvalue weighted by molar-refractivity contribution is 0.347. The van der Waals surface area contributed by atoms with E-state index in [4.69, 9.17) is 0 Å². The summed E-state index contributed by atoms with van der Waals surface area (Å²) < 4.78 is 0.998. The number of nitrogens with one attached hydrogen (secondary N) is 1. The van der Waals surface area contributed by atoms with Crippen molar-refractivity contribution < 1.29 is 0 Å². The molecule has 0 amide bonds. The normalized spacial score (nSPS) is 30.4. The van der Waals surface area contributed by atoms with Crippen molar-refractivity contribution in [3.05, 3.63) is 17.0 Å². The molecule has 2 saturated heterocycles. The first-order valence-corrected chi connectivity index (χ1v) is 7.55. The van der Waals surface area contributed by atoms with Gasteiger partial charge in [0.15, 0.2) is 0 Å². The van der Waals surface area contributed by atoms with Crippen LogP contribution in [0.15, 0.2) is 17.0 Å². The van der Waals surface area contributed by atoms with E-state index >= 15 is 0 Å². The molecule has 2 fully saturated rings. The van der Waals surface area contributed by atoms with Crippen LogP contribution in [0.2, 0.25) is 0 Å². The fraction of sp³-hybridized carbons (Fsp3) is 0.692. The highest BCUT2D eigenvalue weighted by Crippen LogP contribution is 2.33. The van der Waals surface area contributed by atoms with Gasteiger partial charge in [-0.1, -0.05) is 0 Å². The zero-order valence-electron chi connectivity index (χ0n) is 10.6. The van der Waals surface area contributed by atoms with Gasteiger partial charge in [0, 0.05) is 30.9 Å². The third kappa shape index (κ3) is 2.26. The van der Waals surface area contributed by atoms with Crippen molar-refractivity contribution in [2.75, 3.05) is 11.4 Å². The summed E-state index contributed by atoms with van der Waals surface area (Å²) in [5, 5.41) is 3.69. The summed E-state index contributed by atoms with van der Waals surface area (Å²) in [5.74, 6) is 1.04. The molecule has 4 nitrogen and oxygen atoms in total. The Morgan fingerprint density at radius 1 is 1.39 bits per heavy atom. The number of piperidine rings is 1. The zero-order chi connectivity index (χ0) is 12.5. The number of rotatable bonds is 3. The average molecular weight is 311 g/mol. The maximum Gasteiger partial charge on any atom is 0.146 e. The molecule has 3 rings (SSSR count). The summed E-state index contributed by atoms with van der Waals surface area (Å²) in [6, 6.07) is 2.03. The van der Waals surface area contributed by atoms with E-state index in [1.54, 1.807) is 6.33 Å². The standard InChI is InChI=1S/C13H19BrN4/c1-2-18(13-12(14)7-15-8-16-13)11-5-9-3-4-10(6-11)17-9/h7-11,17H,2-6H2,1H3. The van der Waals surface area contributed by atoms with E-state index in [0.29, 0.717) is 18.1 Å². The lowest BCUT2D eigenvalue weighted by atomic mass is 9.98. The molecule has 2 aliphatic rings. The number of hydrogen-bond acceptors (Lipinski definition) is 4. The van der Waals surface area contributed by atoms with Crippen molar-refractivity contribution in [1.29, 1.82) is 0 Å².